The number of rotatable bonds is 5. The van der Waals surface area contributed by atoms with E-state index in [0.29, 0.717) is 5.92 Å². The van der Waals surface area contributed by atoms with Gasteiger partial charge in [0.05, 0.1) is 12.1 Å². The van der Waals surface area contributed by atoms with Gasteiger partial charge in [0.25, 0.3) is 0 Å². The minimum Gasteiger partial charge on any atom is -0.344 e. The van der Waals surface area contributed by atoms with Crippen LogP contribution >= 0.6 is 0 Å². The Morgan fingerprint density at radius 1 is 1.04 bits per heavy atom. The maximum Gasteiger partial charge on any atom is 0.237 e. The highest BCUT2D eigenvalue weighted by Gasteiger charge is 2.27. The first-order valence-electron chi connectivity index (χ1n) is 9.29. The SMILES string of the molecule is C[C@H]1CCCN([C@H](C)C(=O)NC(c2ccccc2)c2ccccc2)C1. The first kappa shape index (κ1) is 17.7. The largest absolute Gasteiger partial charge is 0.344 e. The Morgan fingerprint density at radius 2 is 1.60 bits per heavy atom. The lowest BCUT2D eigenvalue weighted by Gasteiger charge is -2.35. The predicted molar refractivity (Wildman–Crippen MR) is 102 cm³/mol. The van der Waals surface area contributed by atoms with Crippen LogP contribution in [0.3, 0.4) is 0 Å². The molecular formula is C22H28N2O. The zero-order valence-corrected chi connectivity index (χ0v) is 15.2. The van der Waals surface area contributed by atoms with Gasteiger partial charge in [-0.3, -0.25) is 9.69 Å². The lowest BCUT2D eigenvalue weighted by Crippen LogP contribution is -2.49. The number of carbonyl (C=O) groups excluding carboxylic acids is 1. The minimum absolute atomic E-state index is 0.0994. The molecule has 1 aliphatic heterocycles. The van der Waals surface area contributed by atoms with Crippen LogP contribution in [0.4, 0.5) is 0 Å². The second-order valence-electron chi connectivity index (χ2n) is 7.18. The number of nitrogens with zero attached hydrogens (tertiary/aromatic N) is 1. The van der Waals surface area contributed by atoms with Crippen LogP contribution < -0.4 is 5.32 Å². The summed E-state index contributed by atoms with van der Waals surface area (Å²) in [6.45, 7) is 6.32. The zero-order valence-electron chi connectivity index (χ0n) is 15.2. The monoisotopic (exact) mass is 336 g/mol. The Morgan fingerprint density at radius 3 is 2.12 bits per heavy atom. The van der Waals surface area contributed by atoms with Gasteiger partial charge in [-0.1, -0.05) is 67.6 Å². The van der Waals surface area contributed by atoms with E-state index < -0.39 is 0 Å². The number of benzene rings is 2. The highest BCUT2D eigenvalue weighted by Crippen LogP contribution is 2.23. The predicted octanol–water partition coefficient (Wildman–Crippen LogP) is 4.01. The van der Waals surface area contributed by atoms with Crippen molar-refractivity contribution in [2.75, 3.05) is 13.1 Å². The van der Waals surface area contributed by atoms with Crippen LogP contribution in [0.15, 0.2) is 60.7 Å². The molecule has 1 N–H and O–H groups in total. The molecule has 3 heteroatoms. The standard InChI is InChI=1S/C22H28N2O/c1-17-10-9-15-24(16-17)18(2)22(25)23-21(19-11-5-3-6-12-19)20-13-7-4-8-14-20/h3-8,11-14,17-18,21H,9-10,15-16H2,1-2H3,(H,23,25)/t17-,18+/m0/s1. The van der Waals surface area contributed by atoms with Gasteiger partial charge in [-0.05, 0) is 43.4 Å². The first-order valence-corrected chi connectivity index (χ1v) is 9.29. The number of likely N-dealkylation sites (tertiary alicyclic amines) is 1. The second-order valence-corrected chi connectivity index (χ2v) is 7.18. The van der Waals surface area contributed by atoms with Crippen molar-refractivity contribution in [3.8, 4) is 0 Å². The topological polar surface area (TPSA) is 32.3 Å². The van der Waals surface area contributed by atoms with Gasteiger partial charge in [0.1, 0.15) is 0 Å². The maximum atomic E-state index is 13.0. The number of piperidine rings is 1. The van der Waals surface area contributed by atoms with Gasteiger partial charge >= 0.3 is 0 Å². The molecule has 132 valence electrons. The smallest absolute Gasteiger partial charge is 0.237 e. The summed E-state index contributed by atoms with van der Waals surface area (Å²) in [5.74, 6) is 0.773. The van der Waals surface area contributed by atoms with E-state index in [1.807, 2.05) is 43.3 Å². The molecule has 0 radical (unpaired) electrons. The van der Waals surface area contributed by atoms with Gasteiger partial charge in [-0.2, -0.15) is 0 Å². The van der Waals surface area contributed by atoms with Crippen LogP contribution in [-0.2, 0) is 4.79 Å². The van der Waals surface area contributed by atoms with E-state index in [1.54, 1.807) is 0 Å². The Hall–Kier alpha value is -2.13. The molecule has 2 atom stereocenters. The molecular weight excluding hydrogens is 308 g/mol. The van der Waals surface area contributed by atoms with Crippen molar-refractivity contribution in [1.29, 1.82) is 0 Å². The molecule has 0 saturated carbocycles. The molecule has 1 aliphatic rings. The fraction of sp³-hybridized carbons (Fsp3) is 0.409. The van der Waals surface area contributed by atoms with Gasteiger partial charge in [0, 0.05) is 6.54 Å². The van der Waals surface area contributed by atoms with Crippen LogP contribution in [-0.4, -0.2) is 29.9 Å². The normalized spacial score (nSPS) is 19.6. The van der Waals surface area contributed by atoms with Gasteiger partial charge in [-0.25, -0.2) is 0 Å². The lowest BCUT2D eigenvalue weighted by atomic mass is 9.97. The van der Waals surface area contributed by atoms with E-state index in [9.17, 15) is 4.79 Å². The van der Waals surface area contributed by atoms with Crippen molar-refractivity contribution in [3.63, 3.8) is 0 Å². The van der Waals surface area contributed by atoms with E-state index in [-0.39, 0.29) is 18.0 Å². The fourth-order valence-corrected chi connectivity index (χ4v) is 3.66. The van der Waals surface area contributed by atoms with E-state index in [4.69, 9.17) is 0 Å². The summed E-state index contributed by atoms with van der Waals surface area (Å²) in [5.41, 5.74) is 2.22. The van der Waals surface area contributed by atoms with E-state index in [0.717, 1.165) is 24.2 Å². The second kappa shape index (κ2) is 8.30. The Labute approximate surface area is 151 Å². The fourth-order valence-electron chi connectivity index (χ4n) is 3.66. The number of nitrogens with one attached hydrogen (secondary N) is 1. The van der Waals surface area contributed by atoms with E-state index in [2.05, 4.69) is 41.4 Å². The molecule has 0 bridgehead atoms. The third-order valence-corrected chi connectivity index (χ3v) is 5.17. The molecule has 1 fully saturated rings. The molecule has 1 saturated heterocycles. The highest BCUT2D eigenvalue weighted by molar-refractivity contribution is 5.82. The van der Waals surface area contributed by atoms with Gasteiger partial charge in [0.2, 0.25) is 5.91 Å². The lowest BCUT2D eigenvalue weighted by molar-refractivity contribution is -0.127. The summed E-state index contributed by atoms with van der Waals surface area (Å²) < 4.78 is 0. The van der Waals surface area contributed by atoms with Crippen molar-refractivity contribution >= 4 is 5.91 Å². The van der Waals surface area contributed by atoms with Crippen molar-refractivity contribution < 1.29 is 4.79 Å². The molecule has 1 amide bonds. The number of hydrogen-bond donors (Lipinski definition) is 1. The Balaban J connectivity index is 1.77. The van der Waals surface area contributed by atoms with Gasteiger partial charge < -0.3 is 5.32 Å². The molecule has 2 aromatic rings. The molecule has 0 aliphatic carbocycles. The van der Waals surface area contributed by atoms with Crippen LogP contribution in [0.5, 0.6) is 0 Å². The van der Waals surface area contributed by atoms with Crippen molar-refractivity contribution in [2.24, 2.45) is 5.92 Å². The molecule has 25 heavy (non-hydrogen) atoms. The van der Waals surface area contributed by atoms with Crippen LogP contribution in [0.25, 0.3) is 0 Å². The molecule has 0 unspecified atom stereocenters. The molecule has 0 spiro atoms. The summed E-state index contributed by atoms with van der Waals surface area (Å²) >= 11 is 0. The summed E-state index contributed by atoms with van der Waals surface area (Å²) in [7, 11) is 0. The van der Waals surface area contributed by atoms with E-state index >= 15 is 0 Å². The number of carbonyl (C=O) groups is 1. The summed E-state index contributed by atoms with van der Waals surface area (Å²) in [6, 6.07) is 20.2. The van der Waals surface area contributed by atoms with Crippen molar-refractivity contribution in [2.45, 2.75) is 38.8 Å². The highest BCUT2D eigenvalue weighted by atomic mass is 16.2. The van der Waals surface area contributed by atoms with E-state index in [1.165, 1.54) is 12.8 Å². The average molecular weight is 336 g/mol. The van der Waals surface area contributed by atoms with Gasteiger partial charge in [-0.15, -0.1) is 0 Å². The van der Waals surface area contributed by atoms with Crippen LogP contribution in [0.1, 0.15) is 43.9 Å². The maximum absolute atomic E-state index is 13.0. The molecule has 3 nitrogen and oxygen atoms in total. The Bertz CT molecular complexity index is 631. The molecule has 1 heterocycles. The quantitative estimate of drug-likeness (QED) is 0.894. The molecule has 3 rings (SSSR count). The van der Waals surface area contributed by atoms with Crippen molar-refractivity contribution in [3.05, 3.63) is 71.8 Å². The molecule has 2 aromatic carbocycles. The summed E-state index contributed by atoms with van der Waals surface area (Å²) in [5, 5.41) is 3.28. The first-order chi connectivity index (χ1) is 12.1. The number of amides is 1. The third-order valence-electron chi connectivity index (χ3n) is 5.17. The zero-order chi connectivity index (χ0) is 17.6. The van der Waals surface area contributed by atoms with Crippen LogP contribution in [0.2, 0.25) is 0 Å². The van der Waals surface area contributed by atoms with Gasteiger partial charge in [0.15, 0.2) is 0 Å². The summed E-state index contributed by atoms with van der Waals surface area (Å²) in [4.78, 5) is 15.3. The minimum atomic E-state index is -0.112. The van der Waals surface area contributed by atoms with Crippen molar-refractivity contribution in [1.82, 2.24) is 10.2 Å². The average Bonchev–Trinajstić information content (AvgIpc) is 2.66. The van der Waals surface area contributed by atoms with Crippen LogP contribution in [0, 0.1) is 5.92 Å². The number of hydrogen-bond acceptors (Lipinski definition) is 2. The third kappa shape index (κ3) is 4.49. The Kier molecular flexibility index (Phi) is 5.87. The molecule has 0 aromatic heterocycles. The summed E-state index contributed by atoms with van der Waals surface area (Å²) in [6.07, 6.45) is 2.45.